The van der Waals surface area contributed by atoms with Crippen LogP contribution in [0.25, 0.3) is 0 Å². The Morgan fingerprint density at radius 2 is 0.735 bits per heavy atom. The lowest BCUT2D eigenvalue weighted by Gasteiger charge is -2.26. The van der Waals surface area contributed by atoms with Crippen molar-refractivity contribution in [1.29, 1.82) is 0 Å². The fraction of sp³-hybridized carbons (Fsp3) is 0.333. The van der Waals surface area contributed by atoms with Crippen LogP contribution >= 0.6 is 0 Å². The molecule has 0 aliphatic rings. The molecular weight excluding hydrogens is 688 g/mol. The first-order valence-corrected chi connectivity index (χ1v) is 17.6. The van der Waals surface area contributed by atoms with Crippen LogP contribution in [0.1, 0.15) is 62.3 Å². The van der Waals surface area contributed by atoms with Crippen molar-refractivity contribution in [3.63, 3.8) is 0 Å². The van der Waals surface area contributed by atoms with Crippen LogP contribution < -0.4 is 14.2 Å². The molecule has 6 nitrogen and oxygen atoms in total. The van der Waals surface area contributed by atoms with E-state index in [1.165, 1.54) is 0 Å². The molecule has 0 bridgehead atoms. The number of hydrogen-bond acceptors (Lipinski definition) is 6. The van der Waals surface area contributed by atoms with E-state index in [1.807, 2.05) is 18.2 Å². The van der Waals surface area contributed by atoms with Gasteiger partial charge in [-0.1, -0.05) is 36.4 Å². The van der Waals surface area contributed by atoms with E-state index in [-0.39, 0.29) is 16.8 Å². The predicted molar refractivity (Wildman–Crippen MR) is 177 cm³/mol. The minimum absolute atomic E-state index is 0.325. The highest BCUT2D eigenvalue weighted by Gasteiger charge is 2.39. The summed E-state index contributed by atoms with van der Waals surface area (Å²) in [6, 6.07) is 25.0. The maximum Gasteiger partial charge on any atom is 0.208 e. The lowest BCUT2D eigenvalue weighted by molar-refractivity contribution is 0.125. The lowest BCUT2D eigenvalue weighted by Crippen LogP contribution is -2.26. The molecule has 0 N–H and O–H groups in total. The number of benzene rings is 4. The van der Waals surface area contributed by atoms with Gasteiger partial charge in [0.2, 0.25) is 20.5 Å². The number of halogens is 5. The largest absolute Gasteiger partial charge is 0.744 e. The van der Waals surface area contributed by atoms with Crippen molar-refractivity contribution in [3.05, 3.63) is 102 Å². The monoisotopic (exact) mass is 726 g/mol. The molecule has 0 radical (unpaired) electrons. The second kappa shape index (κ2) is 15.0. The second-order valence-electron chi connectivity index (χ2n) is 13.6. The Bertz CT molecular complexity index is 1730. The van der Waals surface area contributed by atoms with Crippen LogP contribution in [-0.2, 0) is 21.0 Å². The van der Waals surface area contributed by atoms with Crippen LogP contribution in [0.3, 0.4) is 0 Å². The molecule has 0 spiro atoms. The van der Waals surface area contributed by atoms with Crippen molar-refractivity contribution >= 4 is 21.0 Å². The molecule has 0 atom stereocenters. The van der Waals surface area contributed by atoms with Gasteiger partial charge in [-0.3, -0.25) is 0 Å². The van der Waals surface area contributed by atoms with Crippen molar-refractivity contribution in [2.45, 2.75) is 98.7 Å². The molecule has 0 aliphatic heterocycles. The highest BCUT2D eigenvalue weighted by molar-refractivity contribution is 7.97. The van der Waals surface area contributed by atoms with Crippen LogP contribution in [-0.4, -0.2) is 29.8 Å². The predicted octanol–water partition coefficient (Wildman–Crippen LogP) is 9.60. The first kappa shape index (κ1) is 39.6. The molecule has 49 heavy (non-hydrogen) atoms. The summed E-state index contributed by atoms with van der Waals surface area (Å²) >= 11 is 0. The summed E-state index contributed by atoms with van der Waals surface area (Å²) in [6.07, 6.45) is 0. The Hall–Kier alpha value is -3.81. The van der Waals surface area contributed by atoms with Gasteiger partial charge in [0.1, 0.15) is 42.7 Å². The molecule has 0 unspecified atom stereocenters. The van der Waals surface area contributed by atoms with Gasteiger partial charge in [0.15, 0.2) is 40.5 Å². The van der Waals surface area contributed by atoms with Crippen molar-refractivity contribution in [3.8, 4) is 17.2 Å². The second-order valence-corrected chi connectivity index (χ2v) is 16.9. The van der Waals surface area contributed by atoms with E-state index >= 15 is 0 Å². The van der Waals surface area contributed by atoms with Gasteiger partial charge in [0, 0.05) is 0 Å². The maximum atomic E-state index is 12.6. The average Bonchev–Trinajstić information content (AvgIpc) is 2.95. The van der Waals surface area contributed by atoms with Crippen LogP contribution in [0.2, 0.25) is 0 Å². The highest BCUT2D eigenvalue weighted by atomic mass is 32.2. The van der Waals surface area contributed by atoms with Crippen molar-refractivity contribution in [1.82, 2.24) is 0 Å². The standard InChI is InChI=1S/C30H39O3S.C6HF5O3S/c1-28(2,3)31-22-16-10-13-19-25(22)34(26-20-14-11-17-23(26)32-29(4,5)6)27-21-15-12-18-24(27)33-30(7,8)9;7-1-2(8)4(10)6(15(12,13)14)5(11)3(1)9/h10-21H,1-9H3;(H,12,13,14)/q+1;/p-1. The van der Waals surface area contributed by atoms with E-state index < -0.39 is 55.0 Å². The number of para-hydroxylation sites is 3. The van der Waals surface area contributed by atoms with Gasteiger partial charge in [-0.25, -0.2) is 30.4 Å². The van der Waals surface area contributed by atoms with E-state index in [9.17, 15) is 34.9 Å². The first-order chi connectivity index (χ1) is 22.4. The quantitative estimate of drug-likeness (QED) is 0.0620. The van der Waals surface area contributed by atoms with Crippen molar-refractivity contribution < 1.29 is 49.1 Å². The number of rotatable bonds is 7. The molecule has 4 aromatic rings. The number of ether oxygens (including phenoxy) is 3. The van der Waals surface area contributed by atoms with Gasteiger partial charge < -0.3 is 18.8 Å². The summed E-state index contributed by atoms with van der Waals surface area (Å²) in [6.45, 7) is 18.7. The Morgan fingerprint density at radius 3 is 0.980 bits per heavy atom. The van der Waals surface area contributed by atoms with Gasteiger partial charge in [-0.15, -0.1) is 0 Å². The minimum Gasteiger partial charge on any atom is -0.744 e. The smallest absolute Gasteiger partial charge is 0.208 e. The molecule has 0 saturated heterocycles. The molecule has 266 valence electrons. The SMILES string of the molecule is CC(C)(C)Oc1ccccc1[S+](c1ccccc1OC(C)(C)C)c1ccccc1OC(C)(C)C.O=S(=O)([O-])c1c(F)c(F)c(F)c(F)c1F. The third-order valence-electron chi connectivity index (χ3n) is 5.88. The molecule has 13 heteroatoms. The van der Waals surface area contributed by atoms with Gasteiger partial charge in [0.05, 0.1) is 0 Å². The van der Waals surface area contributed by atoms with E-state index in [1.54, 1.807) is 0 Å². The zero-order chi connectivity index (χ0) is 37.1. The third-order valence-corrected chi connectivity index (χ3v) is 9.06. The molecule has 0 aromatic heterocycles. The van der Waals surface area contributed by atoms with Crippen LogP contribution in [0.5, 0.6) is 17.2 Å². The molecule has 0 aliphatic carbocycles. The Labute approximate surface area is 287 Å². The Kier molecular flexibility index (Phi) is 12.1. The number of hydrogen-bond donors (Lipinski definition) is 0. The lowest BCUT2D eigenvalue weighted by atomic mass is 10.2. The highest BCUT2D eigenvalue weighted by Crippen LogP contribution is 2.45. The molecular formula is C36H39F5O6S2. The molecule has 0 heterocycles. The fourth-order valence-electron chi connectivity index (χ4n) is 4.26. The molecule has 4 aromatic carbocycles. The Balaban J connectivity index is 0.000000362. The zero-order valence-corrected chi connectivity index (χ0v) is 30.2. The van der Waals surface area contributed by atoms with Crippen LogP contribution in [0.15, 0.2) is 92.4 Å². The van der Waals surface area contributed by atoms with E-state index in [0.717, 1.165) is 31.9 Å². The summed E-state index contributed by atoms with van der Waals surface area (Å²) in [5.74, 6) is -10.2. The minimum atomic E-state index is -5.77. The van der Waals surface area contributed by atoms with E-state index in [4.69, 9.17) is 14.2 Å². The van der Waals surface area contributed by atoms with E-state index in [2.05, 4.69) is 117 Å². The van der Waals surface area contributed by atoms with Crippen molar-refractivity contribution in [2.24, 2.45) is 0 Å². The molecule has 0 fully saturated rings. The van der Waals surface area contributed by atoms with Gasteiger partial charge in [0.25, 0.3) is 0 Å². The van der Waals surface area contributed by atoms with E-state index in [0.29, 0.717) is 0 Å². The molecule has 0 amide bonds. The van der Waals surface area contributed by atoms with Crippen molar-refractivity contribution in [2.75, 3.05) is 0 Å². The fourth-order valence-corrected chi connectivity index (χ4v) is 7.16. The molecule has 4 rings (SSSR count). The van der Waals surface area contributed by atoms with Gasteiger partial charge in [-0.05, 0) is 98.7 Å². The van der Waals surface area contributed by atoms with Gasteiger partial charge >= 0.3 is 0 Å². The summed E-state index contributed by atoms with van der Waals surface area (Å²) < 4.78 is 112. The third kappa shape index (κ3) is 10.6. The summed E-state index contributed by atoms with van der Waals surface area (Å²) in [4.78, 5) is 0.936. The summed E-state index contributed by atoms with van der Waals surface area (Å²) in [5.41, 5.74) is -0.976. The average molecular weight is 727 g/mol. The summed E-state index contributed by atoms with van der Waals surface area (Å²) in [5, 5.41) is 0. The normalized spacial score (nSPS) is 12.3. The maximum absolute atomic E-state index is 12.6. The topological polar surface area (TPSA) is 84.9 Å². The van der Waals surface area contributed by atoms with Gasteiger partial charge in [-0.2, -0.15) is 0 Å². The first-order valence-electron chi connectivity index (χ1n) is 15.0. The Morgan fingerprint density at radius 1 is 0.490 bits per heavy atom. The molecule has 0 saturated carbocycles. The van der Waals surface area contributed by atoms with Crippen LogP contribution in [0.4, 0.5) is 22.0 Å². The zero-order valence-electron chi connectivity index (χ0n) is 28.6. The van der Waals surface area contributed by atoms with Crippen LogP contribution in [0, 0.1) is 29.1 Å². The summed E-state index contributed by atoms with van der Waals surface area (Å²) in [7, 11) is -6.30.